The fourth-order valence-electron chi connectivity index (χ4n) is 0.886. The molecule has 0 saturated heterocycles. The summed E-state index contributed by atoms with van der Waals surface area (Å²) in [6.45, 7) is 3.89. The first-order chi connectivity index (χ1) is 6.63. The van der Waals surface area contributed by atoms with Crippen molar-refractivity contribution in [3.63, 3.8) is 0 Å². The van der Waals surface area contributed by atoms with E-state index in [2.05, 4.69) is 4.72 Å². The maximum atomic E-state index is 12.5. The molecule has 0 aromatic heterocycles. The second-order valence-corrected chi connectivity index (χ2v) is 4.73. The molecule has 4 heteroatoms. The Morgan fingerprint density at radius 1 is 1.43 bits per heavy atom. The zero-order valence-electron chi connectivity index (χ0n) is 8.29. The fourth-order valence-corrected chi connectivity index (χ4v) is 1.76. The van der Waals surface area contributed by atoms with Gasteiger partial charge in [-0.3, -0.25) is 0 Å². The van der Waals surface area contributed by atoms with Gasteiger partial charge in [0.2, 0.25) is 0 Å². The zero-order chi connectivity index (χ0) is 10.6. The molecule has 2 atom stereocenters. The van der Waals surface area contributed by atoms with Crippen molar-refractivity contribution in [2.75, 3.05) is 4.72 Å². The van der Waals surface area contributed by atoms with Gasteiger partial charge in [0, 0.05) is 5.69 Å². The predicted molar refractivity (Wildman–Crippen MR) is 57.9 cm³/mol. The summed E-state index contributed by atoms with van der Waals surface area (Å²) in [5.41, 5.74) is 0.685. The topological polar surface area (TPSA) is 29.1 Å². The molecule has 0 bridgehead atoms. The van der Waals surface area contributed by atoms with E-state index in [1.54, 1.807) is 12.1 Å². The summed E-state index contributed by atoms with van der Waals surface area (Å²) in [6, 6.07) is 5.84. The molecule has 0 amide bonds. The Bertz CT molecular complexity index is 312. The quantitative estimate of drug-likeness (QED) is 0.822. The lowest BCUT2D eigenvalue weighted by Gasteiger charge is -2.10. The van der Waals surface area contributed by atoms with Crippen LogP contribution in [0.2, 0.25) is 0 Å². The number of nitrogens with one attached hydrogen (secondary N) is 1. The lowest BCUT2D eigenvalue weighted by atomic mass is 10.3. The third-order valence-electron chi connectivity index (χ3n) is 2.00. The van der Waals surface area contributed by atoms with Crippen molar-refractivity contribution in [2.45, 2.75) is 25.5 Å². The predicted octanol–water partition coefficient (Wildman–Crippen LogP) is 2.70. The standard InChI is InChI=1S/C10H14FNOS/c1-3-8(2)14(13)12-10-6-4-9(11)5-7-10/h4-8,12H,3H2,1-2H3/t8-,14-/m1/s1. The van der Waals surface area contributed by atoms with Gasteiger partial charge >= 0.3 is 0 Å². The third kappa shape index (κ3) is 3.10. The van der Waals surface area contributed by atoms with Gasteiger partial charge in [-0.05, 0) is 37.6 Å². The van der Waals surface area contributed by atoms with Crippen LogP contribution in [0, 0.1) is 5.82 Å². The van der Waals surface area contributed by atoms with Crippen molar-refractivity contribution in [1.29, 1.82) is 0 Å². The average Bonchev–Trinajstić information content (AvgIpc) is 2.20. The smallest absolute Gasteiger partial charge is 0.123 e. The molecule has 0 saturated carbocycles. The molecule has 0 heterocycles. The highest BCUT2D eigenvalue weighted by Crippen LogP contribution is 2.11. The molecule has 0 aliphatic carbocycles. The normalized spacial score (nSPS) is 14.8. The van der Waals surface area contributed by atoms with Gasteiger partial charge in [0.15, 0.2) is 0 Å². The highest BCUT2D eigenvalue weighted by Gasteiger charge is 2.07. The van der Waals surface area contributed by atoms with Crippen LogP contribution in [0.25, 0.3) is 0 Å². The van der Waals surface area contributed by atoms with Gasteiger partial charge in [0.05, 0.1) is 5.25 Å². The van der Waals surface area contributed by atoms with Crippen LogP contribution in [0.1, 0.15) is 20.3 Å². The van der Waals surface area contributed by atoms with Crippen LogP contribution < -0.4 is 4.72 Å². The van der Waals surface area contributed by atoms with E-state index in [0.717, 1.165) is 6.42 Å². The van der Waals surface area contributed by atoms with Gasteiger partial charge in [-0.25, -0.2) is 8.60 Å². The van der Waals surface area contributed by atoms with Crippen molar-refractivity contribution in [3.05, 3.63) is 30.1 Å². The van der Waals surface area contributed by atoms with E-state index in [9.17, 15) is 8.60 Å². The van der Waals surface area contributed by atoms with Gasteiger partial charge in [-0.15, -0.1) is 0 Å². The maximum Gasteiger partial charge on any atom is 0.123 e. The van der Waals surface area contributed by atoms with E-state index in [4.69, 9.17) is 0 Å². The molecule has 2 nitrogen and oxygen atoms in total. The molecule has 1 N–H and O–H groups in total. The number of anilines is 1. The number of rotatable bonds is 4. The highest BCUT2D eigenvalue weighted by atomic mass is 32.2. The zero-order valence-corrected chi connectivity index (χ0v) is 9.10. The summed E-state index contributed by atoms with van der Waals surface area (Å²) in [6.07, 6.45) is 0.848. The van der Waals surface area contributed by atoms with Gasteiger partial charge < -0.3 is 4.72 Å². The molecule has 78 valence electrons. The number of halogens is 1. The van der Waals surface area contributed by atoms with Crippen molar-refractivity contribution >= 4 is 16.7 Å². The Balaban J connectivity index is 2.60. The van der Waals surface area contributed by atoms with Crippen LogP contribution in [0.5, 0.6) is 0 Å². The third-order valence-corrected chi connectivity index (χ3v) is 3.50. The molecule has 1 rings (SSSR count). The summed E-state index contributed by atoms with van der Waals surface area (Å²) in [7, 11) is -1.09. The van der Waals surface area contributed by atoms with Crippen LogP contribution in [-0.4, -0.2) is 9.46 Å². The summed E-state index contributed by atoms with van der Waals surface area (Å²) in [5, 5.41) is 0.0973. The lowest BCUT2D eigenvalue weighted by Crippen LogP contribution is -2.16. The summed E-state index contributed by atoms with van der Waals surface area (Å²) in [5.74, 6) is -0.287. The fraction of sp³-hybridized carbons (Fsp3) is 0.400. The number of hydrogen-bond acceptors (Lipinski definition) is 1. The Morgan fingerprint density at radius 3 is 2.50 bits per heavy atom. The van der Waals surface area contributed by atoms with Crippen LogP contribution in [0.15, 0.2) is 24.3 Å². The molecular weight excluding hydrogens is 201 g/mol. The van der Waals surface area contributed by atoms with Crippen LogP contribution in [-0.2, 0) is 11.0 Å². The van der Waals surface area contributed by atoms with Crippen LogP contribution in [0.3, 0.4) is 0 Å². The lowest BCUT2D eigenvalue weighted by molar-refractivity contribution is 0.628. The van der Waals surface area contributed by atoms with Gasteiger partial charge in [-0.2, -0.15) is 0 Å². The van der Waals surface area contributed by atoms with Crippen LogP contribution >= 0.6 is 0 Å². The van der Waals surface area contributed by atoms with E-state index in [1.165, 1.54) is 12.1 Å². The molecule has 14 heavy (non-hydrogen) atoms. The van der Waals surface area contributed by atoms with E-state index in [0.29, 0.717) is 5.69 Å². The minimum absolute atomic E-state index is 0.0973. The first-order valence-electron chi connectivity index (χ1n) is 4.56. The maximum absolute atomic E-state index is 12.5. The molecule has 0 fully saturated rings. The van der Waals surface area contributed by atoms with E-state index in [1.807, 2.05) is 13.8 Å². The first-order valence-corrected chi connectivity index (χ1v) is 5.77. The van der Waals surface area contributed by atoms with Crippen molar-refractivity contribution in [3.8, 4) is 0 Å². The van der Waals surface area contributed by atoms with E-state index in [-0.39, 0.29) is 11.1 Å². The van der Waals surface area contributed by atoms with Gasteiger partial charge in [0.25, 0.3) is 0 Å². The second-order valence-electron chi connectivity index (χ2n) is 3.13. The largest absolute Gasteiger partial charge is 0.305 e. The average molecular weight is 215 g/mol. The van der Waals surface area contributed by atoms with Crippen LogP contribution in [0.4, 0.5) is 10.1 Å². The molecule has 1 aromatic rings. The SMILES string of the molecule is CC[C@@H](C)[S@@](=O)Nc1ccc(F)cc1. The van der Waals surface area contributed by atoms with Crippen molar-refractivity contribution in [1.82, 2.24) is 0 Å². The Kier molecular flexibility index (Phi) is 4.07. The van der Waals surface area contributed by atoms with Gasteiger partial charge in [0.1, 0.15) is 16.8 Å². The molecule has 1 aromatic carbocycles. The molecule has 0 radical (unpaired) electrons. The number of benzene rings is 1. The molecule has 0 aliphatic rings. The summed E-state index contributed by atoms with van der Waals surface area (Å²) in [4.78, 5) is 0. The Morgan fingerprint density at radius 2 is 2.00 bits per heavy atom. The molecule has 0 aliphatic heterocycles. The summed E-state index contributed by atoms with van der Waals surface area (Å²) >= 11 is 0. The molecule has 0 unspecified atom stereocenters. The number of hydrogen-bond donors (Lipinski definition) is 1. The minimum Gasteiger partial charge on any atom is -0.305 e. The van der Waals surface area contributed by atoms with E-state index < -0.39 is 11.0 Å². The minimum atomic E-state index is -1.09. The second kappa shape index (κ2) is 5.10. The van der Waals surface area contributed by atoms with Gasteiger partial charge in [-0.1, -0.05) is 6.92 Å². The molecular formula is C10H14FNOS. The summed E-state index contributed by atoms with van der Waals surface area (Å²) < 4.78 is 26.9. The molecule has 0 spiro atoms. The Hall–Kier alpha value is -0.900. The monoisotopic (exact) mass is 215 g/mol. The van der Waals surface area contributed by atoms with Crippen molar-refractivity contribution in [2.24, 2.45) is 0 Å². The van der Waals surface area contributed by atoms with Crippen molar-refractivity contribution < 1.29 is 8.60 Å². The first kappa shape index (κ1) is 11.2. The van der Waals surface area contributed by atoms with E-state index >= 15 is 0 Å². The Labute approximate surface area is 86.1 Å². The highest BCUT2D eigenvalue weighted by molar-refractivity contribution is 7.86.